The summed E-state index contributed by atoms with van der Waals surface area (Å²) in [6.07, 6.45) is 0. The first-order chi connectivity index (χ1) is 11.8. The molecule has 1 heterocycles. The molecular weight excluding hydrogens is 336 g/mol. The summed E-state index contributed by atoms with van der Waals surface area (Å²) < 4.78 is 5.23. The number of hydrogen-bond donors (Lipinski definition) is 2. The lowest BCUT2D eigenvalue weighted by Crippen LogP contribution is -2.47. The topological polar surface area (TPSA) is 67.4 Å². The molecule has 1 atom stereocenters. The molecule has 0 bridgehead atoms. The van der Waals surface area contributed by atoms with E-state index in [1.165, 1.54) is 0 Å². The van der Waals surface area contributed by atoms with Crippen LogP contribution >= 0.6 is 11.8 Å². The van der Waals surface area contributed by atoms with Crippen molar-refractivity contribution in [2.45, 2.75) is 50.8 Å². The maximum Gasteiger partial charge on any atom is 0.338 e. The van der Waals surface area contributed by atoms with Crippen molar-refractivity contribution in [3.63, 3.8) is 0 Å². The van der Waals surface area contributed by atoms with Crippen molar-refractivity contribution in [2.24, 2.45) is 5.92 Å². The predicted octanol–water partition coefficient (Wildman–Crippen LogP) is 4.01. The normalized spacial score (nSPS) is 17.6. The van der Waals surface area contributed by atoms with Crippen LogP contribution in [-0.4, -0.2) is 23.9 Å². The van der Waals surface area contributed by atoms with E-state index in [0.29, 0.717) is 23.1 Å². The molecule has 2 rings (SSSR count). The molecule has 1 unspecified atom stereocenters. The Labute approximate surface area is 153 Å². The van der Waals surface area contributed by atoms with E-state index in [4.69, 9.17) is 4.74 Å². The Kier molecular flexibility index (Phi) is 6.53. The van der Waals surface area contributed by atoms with Crippen LogP contribution in [0.25, 0.3) is 0 Å². The number of ether oxygens (including phenoxy) is 1. The molecule has 1 aromatic carbocycles. The van der Waals surface area contributed by atoms with Crippen molar-refractivity contribution in [2.75, 3.05) is 6.61 Å². The van der Waals surface area contributed by atoms with Crippen molar-refractivity contribution < 1.29 is 14.3 Å². The summed E-state index contributed by atoms with van der Waals surface area (Å²) in [5, 5.41) is 6.11. The number of thioether (sulfide) groups is 1. The Morgan fingerprint density at radius 3 is 2.36 bits per heavy atom. The summed E-state index contributed by atoms with van der Waals surface area (Å²) in [4.78, 5) is 25.8. The number of rotatable bonds is 6. The van der Waals surface area contributed by atoms with Crippen molar-refractivity contribution in [3.05, 3.63) is 41.1 Å². The Hall–Kier alpha value is -1.95. The van der Waals surface area contributed by atoms with Crippen LogP contribution < -0.4 is 10.6 Å². The third kappa shape index (κ3) is 4.78. The zero-order valence-corrected chi connectivity index (χ0v) is 16.2. The van der Waals surface area contributed by atoms with Crippen LogP contribution in [-0.2, 0) is 9.53 Å². The highest BCUT2D eigenvalue weighted by molar-refractivity contribution is 7.99. The van der Waals surface area contributed by atoms with E-state index in [1.54, 1.807) is 18.7 Å². The molecule has 0 saturated carbocycles. The van der Waals surface area contributed by atoms with Crippen molar-refractivity contribution in [3.8, 4) is 0 Å². The van der Waals surface area contributed by atoms with Gasteiger partial charge in [0, 0.05) is 15.8 Å². The number of hydrogen-bond acceptors (Lipinski definition) is 4. The number of nitrogens with one attached hydrogen (secondary N) is 2. The molecule has 0 radical (unpaired) electrons. The minimum absolute atomic E-state index is 0.00345. The van der Waals surface area contributed by atoms with Gasteiger partial charge in [0.05, 0.1) is 18.2 Å². The number of amides is 2. The van der Waals surface area contributed by atoms with Gasteiger partial charge >= 0.3 is 12.0 Å². The van der Waals surface area contributed by atoms with Gasteiger partial charge in [-0.25, -0.2) is 9.59 Å². The van der Waals surface area contributed by atoms with Gasteiger partial charge in [-0.1, -0.05) is 39.8 Å². The fourth-order valence-corrected chi connectivity index (χ4v) is 3.58. The van der Waals surface area contributed by atoms with Crippen LogP contribution in [0.4, 0.5) is 4.79 Å². The van der Waals surface area contributed by atoms with Gasteiger partial charge in [-0.15, -0.1) is 11.8 Å². The van der Waals surface area contributed by atoms with Gasteiger partial charge in [0.1, 0.15) is 0 Å². The first kappa shape index (κ1) is 19.4. The summed E-state index contributed by atoms with van der Waals surface area (Å²) in [5.74, 6) is -0.395. The lowest BCUT2D eigenvalue weighted by Gasteiger charge is -2.31. The monoisotopic (exact) mass is 362 g/mol. The van der Waals surface area contributed by atoms with E-state index in [0.717, 1.165) is 10.5 Å². The van der Waals surface area contributed by atoms with Crippen molar-refractivity contribution >= 4 is 23.8 Å². The molecule has 0 aromatic heterocycles. The fourth-order valence-electron chi connectivity index (χ4n) is 2.74. The first-order valence-corrected chi connectivity index (χ1v) is 9.46. The average molecular weight is 362 g/mol. The van der Waals surface area contributed by atoms with Gasteiger partial charge in [-0.2, -0.15) is 0 Å². The van der Waals surface area contributed by atoms with E-state index in [9.17, 15) is 9.59 Å². The van der Waals surface area contributed by atoms with Gasteiger partial charge in [0.2, 0.25) is 0 Å². The second-order valence-electron chi connectivity index (χ2n) is 6.47. The fraction of sp³-hybridized carbons (Fsp3) is 0.474. The van der Waals surface area contributed by atoms with Crippen LogP contribution in [0.2, 0.25) is 0 Å². The molecule has 0 saturated heterocycles. The summed E-state index contributed by atoms with van der Waals surface area (Å²) >= 11 is 1.77. The van der Waals surface area contributed by atoms with Gasteiger partial charge in [-0.3, -0.25) is 0 Å². The Balaban J connectivity index is 2.42. The Morgan fingerprint density at radius 2 is 1.84 bits per heavy atom. The minimum atomic E-state index is -0.511. The molecule has 2 amide bonds. The van der Waals surface area contributed by atoms with E-state index in [-0.39, 0.29) is 11.9 Å². The van der Waals surface area contributed by atoms with E-state index in [2.05, 4.69) is 24.5 Å². The first-order valence-electron chi connectivity index (χ1n) is 8.58. The van der Waals surface area contributed by atoms with E-state index < -0.39 is 12.0 Å². The molecule has 1 aliphatic rings. The molecule has 136 valence electrons. The van der Waals surface area contributed by atoms with Crippen LogP contribution in [0.3, 0.4) is 0 Å². The summed E-state index contributed by atoms with van der Waals surface area (Å²) in [5.41, 5.74) is 1.96. The Bertz CT molecular complexity index is 666. The maximum absolute atomic E-state index is 12.5. The summed E-state index contributed by atoms with van der Waals surface area (Å²) in [6.45, 7) is 10.2. The van der Waals surface area contributed by atoms with Crippen molar-refractivity contribution in [1.82, 2.24) is 10.6 Å². The molecular formula is C19H26N2O3S. The quantitative estimate of drug-likeness (QED) is 0.593. The van der Waals surface area contributed by atoms with Gasteiger partial charge in [0.25, 0.3) is 0 Å². The van der Waals surface area contributed by atoms with Crippen molar-refractivity contribution in [1.29, 1.82) is 0 Å². The highest BCUT2D eigenvalue weighted by Gasteiger charge is 2.34. The number of esters is 1. The molecule has 6 heteroatoms. The maximum atomic E-state index is 12.5. The largest absolute Gasteiger partial charge is 0.463 e. The second kappa shape index (κ2) is 8.43. The molecule has 1 aliphatic heterocycles. The van der Waals surface area contributed by atoms with Crippen LogP contribution in [0.15, 0.2) is 40.4 Å². The van der Waals surface area contributed by atoms with E-state index in [1.807, 2.05) is 38.1 Å². The highest BCUT2D eigenvalue weighted by Crippen LogP contribution is 2.32. The molecule has 0 fully saturated rings. The third-order valence-corrected chi connectivity index (χ3v) is 4.78. The standard InChI is InChI=1S/C19H26N2O3S/c1-6-24-18(22)15-16(11(2)3)20-19(23)21-17(15)13-7-9-14(10-8-13)25-12(4)5/h7-12,17H,6H2,1-5H3,(H2,20,21,23). The van der Waals surface area contributed by atoms with Gasteiger partial charge < -0.3 is 15.4 Å². The number of urea groups is 1. The number of carbonyl (C=O) groups excluding carboxylic acids is 2. The number of benzene rings is 1. The summed E-state index contributed by atoms with van der Waals surface area (Å²) in [7, 11) is 0. The predicted molar refractivity (Wildman–Crippen MR) is 100 cm³/mol. The molecule has 0 spiro atoms. The van der Waals surface area contributed by atoms with Crippen LogP contribution in [0.5, 0.6) is 0 Å². The smallest absolute Gasteiger partial charge is 0.338 e. The van der Waals surface area contributed by atoms with Crippen LogP contribution in [0, 0.1) is 5.92 Å². The Morgan fingerprint density at radius 1 is 1.20 bits per heavy atom. The zero-order chi connectivity index (χ0) is 18.6. The molecule has 5 nitrogen and oxygen atoms in total. The number of carbonyl (C=O) groups is 2. The molecule has 25 heavy (non-hydrogen) atoms. The molecule has 2 N–H and O–H groups in total. The highest BCUT2D eigenvalue weighted by atomic mass is 32.2. The third-order valence-electron chi connectivity index (χ3n) is 3.76. The average Bonchev–Trinajstić information content (AvgIpc) is 2.54. The van der Waals surface area contributed by atoms with Gasteiger partial charge in [-0.05, 0) is 30.5 Å². The van der Waals surface area contributed by atoms with E-state index >= 15 is 0 Å². The summed E-state index contributed by atoms with van der Waals surface area (Å²) in [6, 6.07) is 7.14. The second-order valence-corrected chi connectivity index (χ2v) is 8.12. The lowest BCUT2D eigenvalue weighted by molar-refractivity contribution is -0.139. The van der Waals surface area contributed by atoms with Crippen LogP contribution in [0.1, 0.15) is 46.2 Å². The molecule has 1 aromatic rings. The minimum Gasteiger partial charge on any atom is -0.463 e. The lowest BCUT2D eigenvalue weighted by atomic mass is 9.91. The number of allylic oxidation sites excluding steroid dienone is 1. The zero-order valence-electron chi connectivity index (χ0n) is 15.4. The SMILES string of the molecule is CCOC(=O)C1=C(C(C)C)NC(=O)NC1c1ccc(SC(C)C)cc1. The molecule has 0 aliphatic carbocycles. The van der Waals surface area contributed by atoms with Gasteiger partial charge in [0.15, 0.2) is 0 Å².